The van der Waals surface area contributed by atoms with E-state index < -0.39 is 11.6 Å². The first-order chi connectivity index (χ1) is 20.9. The van der Waals surface area contributed by atoms with Crippen LogP contribution < -0.4 is 14.8 Å². The fourth-order valence-corrected chi connectivity index (χ4v) is 6.17. The number of rotatable bonds is 11. The lowest BCUT2D eigenvalue weighted by atomic mass is 9.77. The molecular formula is C31H33N3O8S. The lowest BCUT2D eigenvalue weighted by Gasteiger charge is -2.36. The molecular weight excluding hydrogens is 574 g/mol. The van der Waals surface area contributed by atoms with Gasteiger partial charge in [-0.2, -0.15) is 0 Å². The van der Waals surface area contributed by atoms with Gasteiger partial charge < -0.3 is 44.1 Å². The minimum Gasteiger partial charge on any atom is -0.508 e. The fraction of sp³-hybridized carbons (Fsp3) is 0.355. The first-order valence-corrected chi connectivity index (χ1v) is 15.1. The van der Waals surface area contributed by atoms with Gasteiger partial charge in [-0.3, -0.25) is 4.79 Å². The quantitative estimate of drug-likeness (QED) is 0.139. The smallest absolute Gasteiger partial charge is 0.340 e. The number of nitrogens with zero attached hydrogens (tertiary/aromatic N) is 1. The lowest BCUT2D eigenvalue weighted by molar-refractivity contribution is 0.0224. The van der Waals surface area contributed by atoms with E-state index >= 15 is 0 Å². The molecule has 1 spiro atoms. The Morgan fingerprint density at radius 2 is 1.53 bits per heavy atom. The third-order valence-corrected chi connectivity index (χ3v) is 8.34. The van der Waals surface area contributed by atoms with Crippen LogP contribution in [0.3, 0.4) is 0 Å². The van der Waals surface area contributed by atoms with E-state index in [4.69, 9.17) is 18.9 Å². The van der Waals surface area contributed by atoms with Crippen molar-refractivity contribution in [2.75, 3.05) is 57.3 Å². The van der Waals surface area contributed by atoms with E-state index in [9.17, 15) is 19.8 Å². The molecule has 0 atom stereocenters. The van der Waals surface area contributed by atoms with Crippen molar-refractivity contribution in [1.29, 1.82) is 0 Å². The van der Waals surface area contributed by atoms with Crippen LogP contribution in [0.2, 0.25) is 0 Å². The zero-order valence-corrected chi connectivity index (χ0v) is 24.3. The Morgan fingerprint density at radius 1 is 0.884 bits per heavy atom. The topological polar surface area (TPSA) is 139 Å². The van der Waals surface area contributed by atoms with Gasteiger partial charge >= 0.3 is 5.97 Å². The maximum absolute atomic E-state index is 13.2. The number of carbonyl (C=O) groups is 2. The summed E-state index contributed by atoms with van der Waals surface area (Å²) < 4.78 is 26.2. The molecule has 3 aliphatic heterocycles. The van der Waals surface area contributed by atoms with Gasteiger partial charge in [0.25, 0.3) is 5.24 Å². The van der Waals surface area contributed by atoms with Gasteiger partial charge in [0.15, 0.2) is 5.60 Å². The highest BCUT2D eigenvalue weighted by Gasteiger charge is 2.53. The molecule has 226 valence electrons. The molecule has 1 fully saturated rings. The summed E-state index contributed by atoms with van der Waals surface area (Å²) in [7, 11) is 0. The molecule has 0 radical (unpaired) electrons. The maximum atomic E-state index is 13.2. The van der Waals surface area contributed by atoms with Crippen LogP contribution in [-0.2, 0) is 19.8 Å². The zero-order valence-electron chi connectivity index (χ0n) is 23.5. The van der Waals surface area contributed by atoms with Crippen LogP contribution in [-0.4, -0.2) is 78.9 Å². The first kappa shape index (κ1) is 29.1. The molecule has 1 amide bonds. The summed E-state index contributed by atoms with van der Waals surface area (Å²) in [6, 6.07) is 14.3. The number of esters is 1. The Labute approximate surface area is 253 Å². The molecule has 0 bridgehead atoms. The number of ether oxygens (including phenoxy) is 4. The Morgan fingerprint density at radius 3 is 2.23 bits per heavy atom. The first-order valence-electron chi connectivity index (χ1n) is 14.3. The van der Waals surface area contributed by atoms with Crippen molar-refractivity contribution in [2.24, 2.45) is 0 Å². The number of carbonyl (C=O) groups excluding carboxylic acids is 2. The summed E-state index contributed by atoms with van der Waals surface area (Å²) in [5.41, 5.74) is 1.19. The van der Waals surface area contributed by atoms with E-state index in [-0.39, 0.29) is 16.7 Å². The number of phenols is 2. The van der Waals surface area contributed by atoms with Gasteiger partial charge in [0.1, 0.15) is 23.0 Å². The average molecular weight is 608 g/mol. The number of hydrogen-bond acceptors (Lipinski definition) is 11. The SMILES string of the molecule is O=C(NCCOCCOCCN1CCCC1)SNc1ccc2c(c1)C(=O)OC21c2ccc(O)cc2Oc2cc(O)ccc21. The summed E-state index contributed by atoms with van der Waals surface area (Å²) in [6.45, 7) is 5.70. The summed E-state index contributed by atoms with van der Waals surface area (Å²) >= 11 is 0.858. The van der Waals surface area contributed by atoms with Crippen molar-refractivity contribution in [3.8, 4) is 23.0 Å². The molecule has 3 heterocycles. The van der Waals surface area contributed by atoms with Gasteiger partial charge in [-0.25, -0.2) is 4.79 Å². The molecule has 3 aromatic rings. The van der Waals surface area contributed by atoms with E-state index in [1.807, 2.05) is 0 Å². The molecule has 11 nitrogen and oxygen atoms in total. The molecule has 6 rings (SSSR count). The monoisotopic (exact) mass is 607 g/mol. The average Bonchev–Trinajstić information content (AvgIpc) is 3.61. The minimum absolute atomic E-state index is 0.0132. The minimum atomic E-state index is -1.33. The summed E-state index contributed by atoms with van der Waals surface area (Å²) in [4.78, 5) is 28.0. The zero-order chi connectivity index (χ0) is 29.8. The van der Waals surface area contributed by atoms with E-state index in [2.05, 4.69) is 14.9 Å². The second-order valence-corrected chi connectivity index (χ2v) is 11.3. The van der Waals surface area contributed by atoms with Gasteiger partial charge in [-0.15, -0.1) is 0 Å². The van der Waals surface area contributed by atoms with Crippen molar-refractivity contribution in [3.63, 3.8) is 0 Å². The standard InChI is InChI=1S/C31H33N3O8S/c35-21-4-7-25-27(18-21)41-28-19-22(36)5-8-26(28)31(25)24-6-3-20(17-23(24)29(37)42-31)33-43-30(38)32-9-13-39-15-16-40-14-12-34-10-1-2-11-34/h3-8,17-19,33,35-36H,1-2,9-16H2,(H,32,38). The van der Waals surface area contributed by atoms with Gasteiger partial charge in [-0.05, 0) is 62.3 Å². The predicted octanol–water partition coefficient (Wildman–Crippen LogP) is 4.56. The molecule has 12 heteroatoms. The van der Waals surface area contributed by atoms with Crippen molar-refractivity contribution >= 4 is 28.8 Å². The van der Waals surface area contributed by atoms with Gasteiger partial charge in [0.2, 0.25) is 0 Å². The second kappa shape index (κ2) is 12.7. The molecule has 4 N–H and O–H groups in total. The highest BCUT2D eigenvalue weighted by molar-refractivity contribution is 8.14. The van der Waals surface area contributed by atoms with Gasteiger partial charge in [-0.1, -0.05) is 6.07 Å². The second-order valence-electron chi connectivity index (χ2n) is 10.5. The van der Waals surface area contributed by atoms with E-state index in [0.717, 1.165) is 31.6 Å². The molecule has 1 saturated heterocycles. The molecule has 3 aliphatic rings. The van der Waals surface area contributed by atoms with Crippen LogP contribution in [0.5, 0.6) is 23.0 Å². The van der Waals surface area contributed by atoms with Crippen LogP contribution in [0.1, 0.15) is 39.9 Å². The lowest BCUT2D eigenvalue weighted by Crippen LogP contribution is -2.32. The van der Waals surface area contributed by atoms with Crippen LogP contribution in [0.25, 0.3) is 0 Å². The van der Waals surface area contributed by atoms with E-state index in [0.29, 0.717) is 72.4 Å². The Balaban J connectivity index is 1.03. The van der Waals surface area contributed by atoms with E-state index in [1.54, 1.807) is 30.3 Å². The normalized spacial score (nSPS) is 16.2. The molecule has 0 unspecified atom stereocenters. The Hall–Kier alpha value is -3.97. The third-order valence-electron chi connectivity index (χ3n) is 7.67. The van der Waals surface area contributed by atoms with Crippen LogP contribution in [0.15, 0.2) is 54.6 Å². The summed E-state index contributed by atoms with van der Waals surface area (Å²) in [5, 5.41) is 22.6. The van der Waals surface area contributed by atoms with Crippen LogP contribution in [0, 0.1) is 0 Å². The molecule has 0 aliphatic carbocycles. The van der Waals surface area contributed by atoms with Crippen molar-refractivity contribution in [3.05, 3.63) is 76.9 Å². The number of nitrogens with one attached hydrogen (secondary N) is 2. The van der Waals surface area contributed by atoms with E-state index in [1.165, 1.54) is 37.1 Å². The number of phenolic OH excluding ortho intramolecular Hbond substituents is 2. The molecule has 0 saturated carbocycles. The molecule has 0 aromatic heterocycles. The van der Waals surface area contributed by atoms with Gasteiger partial charge in [0.05, 0.1) is 32.0 Å². The number of hydrogen-bond donors (Lipinski definition) is 4. The number of amides is 1. The summed E-state index contributed by atoms with van der Waals surface area (Å²) in [5.74, 6) is 0.0381. The molecule has 3 aromatic carbocycles. The van der Waals surface area contributed by atoms with Crippen LogP contribution in [0.4, 0.5) is 10.5 Å². The summed E-state index contributed by atoms with van der Waals surface area (Å²) in [6.07, 6.45) is 2.54. The Bertz CT molecular complexity index is 1460. The Kier molecular flexibility index (Phi) is 8.61. The number of anilines is 1. The highest BCUT2D eigenvalue weighted by Crippen LogP contribution is 2.57. The highest BCUT2D eigenvalue weighted by atomic mass is 32.2. The van der Waals surface area contributed by atoms with Crippen molar-refractivity contribution in [2.45, 2.75) is 18.4 Å². The van der Waals surface area contributed by atoms with Crippen molar-refractivity contribution < 1.29 is 38.7 Å². The third kappa shape index (κ3) is 6.09. The number of fused-ring (bicyclic) bond motifs is 6. The maximum Gasteiger partial charge on any atom is 0.340 e. The number of aromatic hydroxyl groups is 2. The molecule has 43 heavy (non-hydrogen) atoms. The fourth-order valence-electron chi connectivity index (χ4n) is 5.66. The number of benzene rings is 3. The predicted molar refractivity (Wildman–Crippen MR) is 160 cm³/mol. The van der Waals surface area contributed by atoms with Gasteiger partial charge in [0, 0.05) is 59.5 Å². The number of likely N-dealkylation sites (tertiary alicyclic amines) is 1. The van der Waals surface area contributed by atoms with Crippen molar-refractivity contribution in [1.82, 2.24) is 10.2 Å². The largest absolute Gasteiger partial charge is 0.508 e. The van der Waals surface area contributed by atoms with Crippen LogP contribution >= 0.6 is 11.9 Å².